The predicted molar refractivity (Wildman–Crippen MR) is 69.7 cm³/mol. The third kappa shape index (κ3) is 2.98. The van der Waals surface area contributed by atoms with Gasteiger partial charge in [0.2, 0.25) is 0 Å². The predicted octanol–water partition coefficient (Wildman–Crippen LogP) is 2.78. The molecule has 0 aromatic heterocycles. The molecule has 0 aromatic carbocycles. The second kappa shape index (κ2) is 6.02. The highest BCUT2D eigenvalue weighted by Gasteiger charge is 2.29. The quantitative estimate of drug-likeness (QED) is 0.790. The highest BCUT2D eigenvalue weighted by Crippen LogP contribution is 2.26. The van der Waals surface area contributed by atoms with Gasteiger partial charge in [-0.15, -0.1) is 0 Å². The zero-order chi connectivity index (χ0) is 11.4. The largest absolute Gasteiger partial charge is 0.314 e. The third-order valence-electron chi connectivity index (χ3n) is 4.57. The minimum Gasteiger partial charge on any atom is -0.314 e. The second-order valence-corrected chi connectivity index (χ2v) is 5.66. The molecular weight excluding hydrogens is 196 g/mol. The van der Waals surface area contributed by atoms with E-state index in [1.807, 2.05) is 0 Å². The van der Waals surface area contributed by atoms with Crippen molar-refractivity contribution in [1.82, 2.24) is 10.2 Å². The third-order valence-corrected chi connectivity index (χ3v) is 4.57. The summed E-state index contributed by atoms with van der Waals surface area (Å²) in [5.41, 5.74) is 0. The van der Waals surface area contributed by atoms with Crippen LogP contribution in [0.4, 0.5) is 0 Å². The smallest absolute Gasteiger partial charge is 0.00960 e. The van der Waals surface area contributed by atoms with Gasteiger partial charge < -0.3 is 5.32 Å². The van der Waals surface area contributed by atoms with Crippen molar-refractivity contribution in [3.05, 3.63) is 0 Å². The van der Waals surface area contributed by atoms with E-state index < -0.39 is 0 Å². The highest BCUT2D eigenvalue weighted by molar-refractivity contribution is 4.85. The molecule has 2 aliphatic rings. The molecule has 0 bridgehead atoms. The molecule has 0 aromatic rings. The van der Waals surface area contributed by atoms with Crippen LogP contribution in [0.25, 0.3) is 0 Å². The van der Waals surface area contributed by atoms with Gasteiger partial charge in [-0.05, 0) is 52.0 Å². The lowest BCUT2D eigenvalue weighted by atomic mass is 10.0. The molecule has 2 rings (SSSR count). The Kier molecular flexibility index (Phi) is 4.66. The summed E-state index contributed by atoms with van der Waals surface area (Å²) in [5, 5.41) is 3.66. The average molecular weight is 224 g/mol. The van der Waals surface area contributed by atoms with Crippen LogP contribution in [-0.2, 0) is 0 Å². The van der Waals surface area contributed by atoms with Gasteiger partial charge >= 0.3 is 0 Å². The SMILES string of the molecule is CCC1CCC(C)N1CCC1CCCCN1. The number of likely N-dealkylation sites (tertiary alicyclic amines) is 1. The van der Waals surface area contributed by atoms with Gasteiger partial charge in [0.15, 0.2) is 0 Å². The van der Waals surface area contributed by atoms with Gasteiger partial charge in [0.25, 0.3) is 0 Å². The van der Waals surface area contributed by atoms with E-state index in [0.29, 0.717) is 0 Å². The van der Waals surface area contributed by atoms with Crippen LogP contribution in [0.5, 0.6) is 0 Å². The molecule has 0 spiro atoms. The van der Waals surface area contributed by atoms with Crippen molar-refractivity contribution < 1.29 is 0 Å². The van der Waals surface area contributed by atoms with Crippen molar-refractivity contribution in [2.75, 3.05) is 13.1 Å². The lowest BCUT2D eigenvalue weighted by Gasteiger charge is -2.31. The number of nitrogens with one attached hydrogen (secondary N) is 1. The molecule has 2 heteroatoms. The number of hydrogen-bond acceptors (Lipinski definition) is 2. The fourth-order valence-electron chi connectivity index (χ4n) is 3.44. The van der Waals surface area contributed by atoms with Gasteiger partial charge in [-0.3, -0.25) is 4.90 Å². The minimum atomic E-state index is 0.805. The number of piperidine rings is 1. The molecule has 2 aliphatic heterocycles. The first-order valence-electron chi connectivity index (χ1n) is 7.30. The molecule has 3 atom stereocenters. The summed E-state index contributed by atoms with van der Waals surface area (Å²) in [5.74, 6) is 0. The number of hydrogen-bond donors (Lipinski definition) is 1. The van der Waals surface area contributed by atoms with E-state index in [4.69, 9.17) is 0 Å². The van der Waals surface area contributed by atoms with E-state index in [1.54, 1.807) is 0 Å². The average Bonchev–Trinajstić information content (AvgIpc) is 2.69. The normalized spacial score (nSPS) is 36.8. The molecule has 0 aliphatic carbocycles. The summed E-state index contributed by atoms with van der Waals surface area (Å²) in [6, 6.07) is 2.51. The molecule has 3 unspecified atom stereocenters. The van der Waals surface area contributed by atoms with Crippen LogP contribution in [-0.4, -0.2) is 36.1 Å². The summed E-state index contributed by atoms with van der Waals surface area (Å²) in [4.78, 5) is 2.76. The minimum absolute atomic E-state index is 0.805. The lowest BCUT2D eigenvalue weighted by molar-refractivity contribution is 0.183. The topological polar surface area (TPSA) is 15.3 Å². The zero-order valence-corrected chi connectivity index (χ0v) is 11.0. The summed E-state index contributed by atoms with van der Waals surface area (Å²) >= 11 is 0. The molecule has 0 radical (unpaired) electrons. The van der Waals surface area contributed by atoms with Gasteiger partial charge in [0.1, 0.15) is 0 Å². The Labute approximate surface area is 101 Å². The second-order valence-electron chi connectivity index (χ2n) is 5.66. The van der Waals surface area contributed by atoms with Crippen molar-refractivity contribution in [3.63, 3.8) is 0 Å². The lowest BCUT2D eigenvalue weighted by Crippen LogP contribution is -2.40. The Morgan fingerprint density at radius 2 is 2.06 bits per heavy atom. The molecule has 2 nitrogen and oxygen atoms in total. The van der Waals surface area contributed by atoms with E-state index in [9.17, 15) is 0 Å². The van der Waals surface area contributed by atoms with Crippen LogP contribution in [0.1, 0.15) is 58.8 Å². The summed E-state index contributed by atoms with van der Waals surface area (Å²) in [6.45, 7) is 7.31. The Hall–Kier alpha value is -0.0800. The monoisotopic (exact) mass is 224 g/mol. The van der Waals surface area contributed by atoms with Crippen LogP contribution in [0.3, 0.4) is 0 Å². The van der Waals surface area contributed by atoms with Crippen LogP contribution < -0.4 is 5.32 Å². The summed E-state index contributed by atoms with van der Waals surface area (Å²) < 4.78 is 0. The van der Waals surface area contributed by atoms with Gasteiger partial charge in [-0.1, -0.05) is 13.3 Å². The molecule has 0 amide bonds. The molecule has 1 N–H and O–H groups in total. The van der Waals surface area contributed by atoms with Crippen molar-refractivity contribution >= 4 is 0 Å². The molecule has 2 saturated heterocycles. The first-order chi connectivity index (χ1) is 7.81. The Bertz CT molecular complexity index is 199. The van der Waals surface area contributed by atoms with Crippen molar-refractivity contribution in [2.24, 2.45) is 0 Å². The molecular formula is C14H28N2. The molecule has 16 heavy (non-hydrogen) atoms. The molecule has 0 saturated carbocycles. The van der Waals surface area contributed by atoms with Gasteiger partial charge in [-0.2, -0.15) is 0 Å². The van der Waals surface area contributed by atoms with Crippen molar-refractivity contribution in [2.45, 2.75) is 76.9 Å². The summed E-state index contributed by atoms with van der Waals surface area (Å²) in [6.07, 6.45) is 9.76. The van der Waals surface area contributed by atoms with Crippen LogP contribution in [0.2, 0.25) is 0 Å². The fourth-order valence-corrected chi connectivity index (χ4v) is 3.44. The van der Waals surface area contributed by atoms with E-state index in [1.165, 1.54) is 58.0 Å². The molecule has 2 fully saturated rings. The number of nitrogens with zero attached hydrogens (tertiary/aromatic N) is 1. The van der Waals surface area contributed by atoms with Crippen LogP contribution in [0, 0.1) is 0 Å². The van der Waals surface area contributed by atoms with Crippen molar-refractivity contribution in [1.29, 1.82) is 0 Å². The van der Waals surface area contributed by atoms with E-state index in [2.05, 4.69) is 24.1 Å². The maximum atomic E-state index is 3.66. The Morgan fingerprint density at radius 1 is 1.19 bits per heavy atom. The maximum absolute atomic E-state index is 3.66. The standard InChI is InChI=1S/C14H28N2/c1-3-14-8-7-12(2)16(14)11-9-13-6-4-5-10-15-13/h12-15H,3-11H2,1-2H3. The fraction of sp³-hybridized carbons (Fsp3) is 1.00. The molecule has 94 valence electrons. The van der Waals surface area contributed by atoms with Gasteiger partial charge in [0, 0.05) is 24.7 Å². The van der Waals surface area contributed by atoms with Crippen molar-refractivity contribution in [3.8, 4) is 0 Å². The van der Waals surface area contributed by atoms with Crippen LogP contribution in [0.15, 0.2) is 0 Å². The highest BCUT2D eigenvalue weighted by atomic mass is 15.2. The molecule has 2 heterocycles. The first-order valence-corrected chi connectivity index (χ1v) is 7.30. The zero-order valence-electron chi connectivity index (χ0n) is 11.0. The van der Waals surface area contributed by atoms with Gasteiger partial charge in [-0.25, -0.2) is 0 Å². The summed E-state index contributed by atoms with van der Waals surface area (Å²) in [7, 11) is 0. The Balaban J connectivity index is 1.74. The van der Waals surface area contributed by atoms with Gasteiger partial charge in [0.05, 0.1) is 0 Å². The van der Waals surface area contributed by atoms with E-state index >= 15 is 0 Å². The maximum Gasteiger partial charge on any atom is 0.00960 e. The van der Waals surface area contributed by atoms with E-state index in [-0.39, 0.29) is 0 Å². The van der Waals surface area contributed by atoms with Crippen LogP contribution >= 0.6 is 0 Å². The van der Waals surface area contributed by atoms with E-state index in [0.717, 1.165) is 18.1 Å². The first kappa shape index (κ1) is 12.4. The number of rotatable bonds is 4. The Morgan fingerprint density at radius 3 is 2.75 bits per heavy atom.